The number of Topliss-reactive ketones (excluding diaryl/α,β-unsaturated/α-hetero) is 1. The molecule has 2 unspecified atom stereocenters. The van der Waals surface area contributed by atoms with Crippen LogP contribution < -0.4 is 5.32 Å². The van der Waals surface area contributed by atoms with Gasteiger partial charge < -0.3 is 10.3 Å². The van der Waals surface area contributed by atoms with Crippen molar-refractivity contribution in [2.45, 2.75) is 44.7 Å². The molecule has 4 rings (SSSR count). The molecule has 2 fully saturated rings. The monoisotopic (exact) mass is 308 g/mol. The molecule has 0 radical (unpaired) electrons. The SMILES string of the molecule is C=C1CCC2CC1[C@@H](C(=O)c1c[nH]c3ccccc13)NC2(C)C. The minimum absolute atomic E-state index is 0.00361. The molecule has 3 nitrogen and oxygen atoms in total. The summed E-state index contributed by atoms with van der Waals surface area (Å²) in [6.45, 7) is 8.73. The smallest absolute Gasteiger partial charge is 0.182 e. The van der Waals surface area contributed by atoms with Crippen molar-refractivity contribution in [2.75, 3.05) is 0 Å². The lowest BCUT2D eigenvalue weighted by Gasteiger charge is -2.51. The molecule has 3 atom stereocenters. The van der Waals surface area contributed by atoms with Gasteiger partial charge in [0.25, 0.3) is 0 Å². The van der Waals surface area contributed by atoms with Crippen LogP contribution in [0.2, 0.25) is 0 Å². The fourth-order valence-electron chi connectivity index (χ4n) is 4.47. The number of carbonyl (C=O) groups excluding carboxylic acids is 1. The molecule has 1 aliphatic carbocycles. The number of piperidine rings is 1. The summed E-state index contributed by atoms with van der Waals surface area (Å²) in [5.74, 6) is 1.09. The molecular weight excluding hydrogens is 284 g/mol. The van der Waals surface area contributed by atoms with E-state index in [-0.39, 0.29) is 23.3 Å². The zero-order chi connectivity index (χ0) is 16.2. The van der Waals surface area contributed by atoms with E-state index < -0.39 is 0 Å². The van der Waals surface area contributed by atoms with Gasteiger partial charge in [-0.2, -0.15) is 0 Å². The highest BCUT2D eigenvalue weighted by Gasteiger charge is 2.47. The lowest BCUT2D eigenvalue weighted by Crippen LogP contribution is -2.62. The van der Waals surface area contributed by atoms with Gasteiger partial charge in [0.15, 0.2) is 5.78 Å². The van der Waals surface area contributed by atoms with E-state index in [1.54, 1.807) is 0 Å². The zero-order valence-corrected chi connectivity index (χ0v) is 13.9. The fraction of sp³-hybridized carbons (Fsp3) is 0.450. The van der Waals surface area contributed by atoms with E-state index in [1.807, 2.05) is 30.5 Å². The van der Waals surface area contributed by atoms with Gasteiger partial charge in [-0.15, -0.1) is 0 Å². The maximum atomic E-state index is 13.3. The summed E-state index contributed by atoms with van der Waals surface area (Å²) >= 11 is 0. The van der Waals surface area contributed by atoms with Crippen molar-refractivity contribution < 1.29 is 4.79 Å². The first kappa shape index (κ1) is 14.7. The molecule has 1 saturated heterocycles. The third kappa shape index (κ3) is 2.26. The Hall–Kier alpha value is -1.87. The summed E-state index contributed by atoms with van der Waals surface area (Å²) < 4.78 is 0. The van der Waals surface area contributed by atoms with Gasteiger partial charge in [-0.3, -0.25) is 4.79 Å². The van der Waals surface area contributed by atoms with Crippen LogP contribution in [0, 0.1) is 11.8 Å². The van der Waals surface area contributed by atoms with E-state index in [2.05, 4.69) is 30.7 Å². The first-order chi connectivity index (χ1) is 11.0. The average molecular weight is 308 g/mol. The molecule has 1 aromatic heterocycles. The molecule has 0 amide bonds. The molecule has 120 valence electrons. The van der Waals surface area contributed by atoms with Gasteiger partial charge in [-0.1, -0.05) is 30.4 Å². The van der Waals surface area contributed by atoms with Crippen molar-refractivity contribution in [1.29, 1.82) is 0 Å². The summed E-state index contributed by atoms with van der Waals surface area (Å²) in [7, 11) is 0. The second-order valence-electron chi connectivity index (χ2n) is 7.69. The highest BCUT2D eigenvalue weighted by Crippen LogP contribution is 2.44. The molecule has 23 heavy (non-hydrogen) atoms. The maximum Gasteiger partial charge on any atom is 0.182 e. The molecule has 1 saturated carbocycles. The lowest BCUT2D eigenvalue weighted by atomic mass is 9.63. The van der Waals surface area contributed by atoms with E-state index in [1.165, 1.54) is 12.0 Å². The Morgan fingerprint density at radius 3 is 2.91 bits per heavy atom. The van der Waals surface area contributed by atoms with Gasteiger partial charge in [0.05, 0.1) is 6.04 Å². The minimum Gasteiger partial charge on any atom is -0.360 e. The topological polar surface area (TPSA) is 44.9 Å². The van der Waals surface area contributed by atoms with Gasteiger partial charge in [-0.05, 0) is 45.1 Å². The number of carbonyl (C=O) groups is 1. The minimum atomic E-state index is -0.159. The van der Waals surface area contributed by atoms with E-state index in [0.29, 0.717) is 5.92 Å². The van der Waals surface area contributed by atoms with Crippen LogP contribution in [0.3, 0.4) is 0 Å². The third-order valence-electron chi connectivity index (χ3n) is 5.96. The predicted molar refractivity (Wildman–Crippen MR) is 93.6 cm³/mol. The van der Waals surface area contributed by atoms with Crippen molar-refractivity contribution in [1.82, 2.24) is 10.3 Å². The molecule has 3 heteroatoms. The van der Waals surface area contributed by atoms with Crippen LogP contribution in [-0.2, 0) is 0 Å². The van der Waals surface area contributed by atoms with Crippen LogP contribution in [-0.4, -0.2) is 22.3 Å². The Bertz CT molecular complexity index is 786. The van der Waals surface area contributed by atoms with Crippen molar-refractivity contribution in [3.05, 3.63) is 48.2 Å². The molecule has 1 aromatic carbocycles. The zero-order valence-electron chi connectivity index (χ0n) is 13.9. The van der Waals surface area contributed by atoms with Crippen LogP contribution in [0.5, 0.6) is 0 Å². The van der Waals surface area contributed by atoms with Gasteiger partial charge in [-0.25, -0.2) is 0 Å². The van der Waals surface area contributed by atoms with Gasteiger partial charge in [0, 0.05) is 34.1 Å². The lowest BCUT2D eigenvalue weighted by molar-refractivity contribution is 0.0640. The molecule has 2 aromatic rings. The number of fused-ring (bicyclic) bond motifs is 3. The number of hydrogen-bond acceptors (Lipinski definition) is 2. The predicted octanol–water partition coefficient (Wildman–Crippen LogP) is 4.07. The molecule has 1 aliphatic heterocycles. The number of hydrogen-bond donors (Lipinski definition) is 2. The fourth-order valence-corrected chi connectivity index (χ4v) is 4.47. The van der Waals surface area contributed by atoms with Crippen molar-refractivity contribution in [3.63, 3.8) is 0 Å². The second kappa shape index (κ2) is 5.07. The highest BCUT2D eigenvalue weighted by molar-refractivity contribution is 6.10. The van der Waals surface area contributed by atoms with E-state index in [0.717, 1.165) is 29.3 Å². The number of aromatic nitrogens is 1. The van der Waals surface area contributed by atoms with Gasteiger partial charge >= 0.3 is 0 Å². The Balaban J connectivity index is 1.73. The number of H-pyrrole nitrogens is 1. The number of rotatable bonds is 2. The first-order valence-corrected chi connectivity index (χ1v) is 8.53. The van der Waals surface area contributed by atoms with Crippen LogP contribution in [0.15, 0.2) is 42.6 Å². The van der Waals surface area contributed by atoms with Crippen LogP contribution in [0.4, 0.5) is 0 Å². The summed E-state index contributed by atoms with van der Waals surface area (Å²) in [4.78, 5) is 16.5. The van der Waals surface area contributed by atoms with Crippen molar-refractivity contribution >= 4 is 16.7 Å². The van der Waals surface area contributed by atoms with E-state index >= 15 is 0 Å². The molecule has 2 aliphatic rings. The molecule has 2 heterocycles. The van der Waals surface area contributed by atoms with Gasteiger partial charge in [0.1, 0.15) is 0 Å². The Morgan fingerprint density at radius 2 is 2.09 bits per heavy atom. The Morgan fingerprint density at radius 1 is 1.30 bits per heavy atom. The number of para-hydroxylation sites is 1. The number of ketones is 1. The normalized spacial score (nSPS) is 29.7. The van der Waals surface area contributed by atoms with Gasteiger partial charge in [0.2, 0.25) is 0 Å². The quantitative estimate of drug-likeness (QED) is 0.649. The summed E-state index contributed by atoms with van der Waals surface area (Å²) in [6.07, 6.45) is 5.18. The van der Waals surface area contributed by atoms with Crippen LogP contribution >= 0.6 is 0 Å². The first-order valence-electron chi connectivity index (χ1n) is 8.53. The molecule has 2 bridgehead atoms. The highest BCUT2D eigenvalue weighted by atomic mass is 16.1. The molecular formula is C20H24N2O. The standard InChI is InChI=1S/C20H24N2O/c1-12-8-9-13-10-15(12)18(22-20(13,2)3)19(23)16-11-21-17-7-5-4-6-14(16)17/h4-7,11,13,15,18,21-22H,1,8-10H2,2-3H3/t13?,15?,18-/m0/s1. The third-order valence-corrected chi connectivity index (χ3v) is 5.96. The number of nitrogens with one attached hydrogen (secondary N) is 2. The average Bonchev–Trinajstić information content (AvgIpc) is 2.96. The Labute approximate surface area is 137 Å². The van der Waals surface area contributed by atoms with E-state index in [9.17, 15) is 4.79 Å². The second-order valence-corrected chi connectivity index (χ2v) is 7.69. The molecule has 0 spiro atoms. The Kier molecular flexibility index (Phi) is 3.24. The van der Waals surface area contributed by atoms with Crippen molar-refractivity contribution in [2.24, 2.45) is 11.8 Å². The number of aromatic amines is 1. The molecule has 2 N–H and O–H groups in total. The van der Waals surface area contributed by atoms with Crippen LogP contribution in [0.25, 0.3) is 10.9 Å². The van der Waals surface area contributed by atoms with Crippen molar-refractivity contribution in [3.8, 4) is 0 Å². The number of benzene rings is 1. The largest absolute Gasteiger partial charge is 0.360 e. The van der Waals surface area contributed by atoms with E-state index in [4.69, 9.17) is 0 Å². The van der Waals surface area contributed by atoms with Crippen LogP contribution in [0.1, 0.15) is 43.5 Å². The maximum absolute atomic E-state index is 13.3. The summed E-state index contributed by atoms with van der Waals surface area (Å²) in [5, 5.41) is 4.67. The summed E-state index contributed by atoms with van der Waals surface area (Å²) in [6, 6.07) is 7.85. The summed E-state index contributed by atoms with van der Waals surface area (Å²) in [5.41, 5.74) is 3.06.